The Hall–Kier alpha value is -2.63. The minimum Gasteiger partial charge on any atom is -0.384 e. The number of nitrogens with zero attached hydrogens (tertiary/aromatic N) is 5. The van der Waals surface area contributed by atoms with Crippen molar-refractivity contribution in [2.45, 2.75) is 38.5 Å². The fourth-order valence-electron chi connectivity index (χ4n) is 3.57. The van der Waals surface area contributed by atoms with Crippen molar-refractivity contribution in [1.82, 2.24) is 19.4 Å². The van der Waals surface area contributed by atoms with Crippen LogP contribution in [-0.2, 0) is 0 Å². The monoisotopic (exact) mass is 336 g/mol. The summed E-state index contributed by atoms with van der Waals surface area (Å²) in [5.74, 6) is 3.00. The summed E-state index contributed by atoms with van der Waals surface area (Å²) in [5.41, 5.74) is 8.29. The van der Waals surface area contributed by atoms with E-state index < -0.39 is 0 Å². The number of pyridine rings is 1. The third-order valence-corrected chi connectivity index (χ3v) is 4.88. The molecule has 4 heterocycles. The van der Waals surface area contributed by atoms with E-state index in [1.54, 1.807) is 0 Å². The Bertz CT molecular complexity index is 885. The van der Waals surface area contributed by atoms with Crippen molar-refractivity contribution >= 4 is 17.3 Å². The Balaban J connectivity index is 1.63. The number of anilines is 2. The summed E-state index contributed by atoms with van der Waals surface area (Å²) in [5, 5.41) is 0. The van der Waals surface area contributed by atoms with E-state index in [1.807, 2.05) is 24.4 Å². The van der Waals surface area contributed by atoms with E-state index >= 15 is 0 Å². The molecule has 6 nitrogen and oxygen atoms in total. The number of hydrogen-bond donors (Lipinski definition) is 1. The average molecular weight is 336 g/mol. The summed E-state index contributed by atoms with van der Waals surface area (Å²) in [7, 11) is 0. The lowest BCUT2D eigenvalue weighted by atomic mass is 9.95. The van der Waals surface area contributed by atoms with Gasteiger partial charge in [-0.2, -0.15) is 0 Å². The van der Waals surface area contributed by atoms with Gasteiger partial charge in [-0.05, 0) is 25.0 Å². The largest absolute Gasteiger partial charge is 0.384 e. The Labute approximate surface area is 147 Å². The highest BCUT2D eigenvalue weighted by Crippen LogP contribution is 2.30. The Morgan fingerprint density at radius 2 is 2.12 bits per heavy atom. The Morgan fingerprint density at radius 1 is 1.24 bits per heavy atom. The van der Waals surface area contributed by atoms with Crippen LogP contribution in [0.3, 0.4) is 0 Å². The van der Waals surface area contributed by atoms with Crippen LogP contribution in [0.5, 0.6) is 0 Å². The molecule has 4 rings (SSSR count). The van der Waals surface area contributed by atoms with Crippen LogP contribution in [0.25, 0.3) is 5.65 Å². The zero-order valence-electron chi connectivity index (χ0n) is 14.8. The van der Waals surface area contributed by atoms with Gasteiger partial charge in [-0.3, -0.25) is 0 Å². The number of piperidine rings is 1. The summed E-state index contributed by atoms with van der Waals surface area (Å²) in [6, 6.07) is 8.02. The molecule has 6 heteroatoms. The zero-order chi connectivity index (χ0) is 17.4. The van der Waals surface area contributed by atoms with E-state index in [4.69, 9.17) is 10.7 Å². The molecule has 0 spiro atoms. The maximum atomic E-state index is 6.02. The van der Waals surface area contributed by atoms with Crippen LogP contribution in [0, 0.1) is 0 Å². The van der Waals surface area contributed by atoms with Gasteiger partial charge < -0.3 is 15.0 Å². The van der Waals surface area contributed by atoms with Gasteiger partial charge in [0.25, 0.3) is 0 Å². The first-order chi connectivity index (χ1) is 12.1. The van der Waals surface area contributed by atoms with E-state index in [0.29, 0.717) is 11.7 Å². The maximum Gasteiger partial charge on any atom is 0.136 e. The number of nitrogen functional groups attached to an aromatic ring is 1. The van der Waals surface area contributed by atoms with Crippen molar-refractivity contribution in [1.29, 1.82) is 0 Å². The Morgan fingerprint density at radius 3 is 2.96 bits per heavy atom. The number of aromatic nitrogens is 4. The third kappa shape index (κ3) is 3.04. The van der Waals surface area contributed by atoms with Crippen LogP contribution in [0.1, 0.15) is 50.0 Å². The van der Waals surface area contributed by atoms with Gasteiger partial charge in [0.1, 0.15) is 23.1 Å². The molecular weight excluding hydrogens is 312 g/mol. The summed E-state index contributed by atoms with van der Waals surface area (Å²) >= 11 is 0. The number of rotatable bonds is 3. The first kappa shape index (κ1) is 15.9. The number of imidazole rings is 1. The van der Waals surface area contributed by atoms with Crippen molar-refractivity contribution in [3.63, 3.8) is 0 Å². The van der Waals surface area contributed by atoms with Crippen LogP contribution in [0.15, 0.2) is 36.7 Å². The van der Waals surface area contributed by atoms with E-state index in [1.165, 1.54) is 5.69 Å². The van der Waals surface area contributed by atoms with Crippen molar-refractivity contribution in [2.24, 2.45) is 0 Å². The minimum absolute atomic E-state index is 0.265. The molecule has 1 aliphatic rings. The molecule has 0 aromatic carbocycles. The van der Waals surface area contributed by atoms with Crippen LogP contribution in [-0.4, -0.2) is 32.4 Å². The van der Waals surface area contributed by atoms with Crippen LogP contribution >= 0.6 is 0 Å². The second kappa shape index (κ2) is 6.35. The molecule has 0 amide bonds. The number of nitrogens with two attached hydrogens (primary N) is 1. The first-order valence-corrected chi connectivity index (χ1v) is 8.93. The van der Waals surface area contributed by atoms with E-state index in [9.17, 15) is 0 Å². The highest BCUT2D eigenvalue weighted by Gasteiger charge is 2.25. The van der Waals surface area contributed by atoms with Crippen LogP contribution < -0.4 is 10.6 Å². The van der Waals surface area contributed by atoms with Gasteiger partial charge in [0.05, 0.1) is 0 Å². The summed E-state index contributed by atoms with van der Waals surface area (Å²) in [4.78, 5) is 16.0. The van der Waals surface area contributed by atoms with Crippen LogP contribution in [0.4, 0.5) is 11.6 Å². The predicted molar refractivity (Wildman–Crippen MR) is 99.9 cm³/mol. The lowest BCUT2D eigenvalue weighted by molar-refractivity contribution is 0.495. The molecule has 3 aromatic heterocycles. The van der Waals surface area contributed by atoms with Crippen molar-refractivity contribution in [3.05, 3.63) is 48.2 Å². The lowest BCUT2D eigenvalue weighted by Gasteiger charge is -2.33. The summed E-state index contributed by atoms with van der Waals surface area (Å²) in [6.45, 7) is 6.11. The second-order valence-corrected chi connectivity index (χ2v) is 7.06. The molecule has 3 aromatic rings. The lowest BCUT2D eigenvalue weighted by Crippen LogP contribution is -2.35. The molecule has 1 atom stereocenters. The second-order valence-electron chi connectivity index (χ2n) is 7.06. The molecule has 25 heavy (non-hydrogen) atoms. The SMILES string of the molecule is CC(C)c1nc(N)cc(N2CCC[C@@H](c3cnc4ccccn34)C2)n1. The maximum absolute atomic E-state index is 6.02. The molecule has 1 saturated heterocycles. The van der Waals surface area contributed by atoms with Gasteiger partial charge in [0.2, 0.25) is 0 Å². The van der Waals surface area contributed by atoms with Crippen molar-refractivity contribution < 1.29 is 0 Å². The van der Waals surface area contributed by atoms with Crippen molar-refractivity contribution in [3.8, 4) is 0 Å². The van der Waals surface area contributed by atoms with Crippen LogP contribution in [0.2, 0.25) is 0 Å². The molecule has 130 valence electrons. The molecule has 0 bridgehead atoms. The first-order valence-electron chi connectivity index (χ1n) is 8.93. The van der Waals surface area contributed by atoms with Gasteiger partial charge >= 0.3 is 0 Å². The highest BCUT2D eigenvalue weighted by atomic mass is 15.2. The predicted octanol–water partition coefficient (Wildman–Crippen LogP) is 3.21. The molecule has 1 fully saturated rings. The summed E-state index contributed by atoms with van der Waals surface area (Å²) in [6.07, 6.45) is 6.40. The average Bonchev–Trinajstić information content (AvgIpc) is 3.05. The highest BCUT2D eigenvalue weighted by molar-refractivity contribution is 5.48. The van der Waals surface area contributed by atoms with E-state index in [2.05, 4.69) is 45.4 Å². The third-order valence-electron chi connectivity index (χ3n) is 4.88. The number of fused-ring (bicyclic) bond motifs is 1. The van der Waals surface area contributed by atoms with E-state index in [-0.39, 0.29) is 5.92 Å². The smallest absolute Gasteiger partial charge is 0.136 e. The molecule has 0 aliphatic carbocycles. The fourth-order valence-corrected chi connectivity index (χ4v) is 3.57. The van der Waals surface area contributed by atoms with Gasteiger partial charge in [0.15, 0.2) is 0 Å². The topological polar surface area (TPSA) is 72.3 Å². The van der Waals surface area contributed by atoms with Gasteiger partial charge in [-0.25, -0.2) is 15.0 Å². The Kier molecular flexibility index (Phi) is 4.03. The van der Waals surface area contributed by atoms with Gasteiger partial charge in [-0.15, -0.1) is 0 Å². The molecule has 1 aliphatic heterocycles. The molecule has 2 N–H and O–H groups in total. The molecule has 0 saturated carbocycles. The summed E-state index contributed by atoms with van der Waals surface area (Å²) < 4.78 is 2.20. The number of hydrogen-bond acceptors (Lipinski definition) is 5. The van der Waals surface area contributed by atoms with Crippen molar-refractivity contribution in [2.75, 3.05) is 23.7 Å². The quantitative estimate of drug-likeness (QED) is 0.795. The minimum atomic E-state index is 0.265. The zero-order valence-corrected chi connectivity index (χ0v) is 14.8. The van der Waals surface area contributed by atoms with E-state index in [0.717, 1.165) is 43.2 Å². The van der Waals surface area contributed by atoms with Gasteiger partial charge in [-0.1, -0.05) is 19.9 Å². The fraction of sp³-hybridized carbons (Fsp3) is 0.421. The molecule has 0 unspecified atom stereocenters. The molecular formula is C19H24N6. The molecule has 0 radical (unpaired) electrons. The van der Waals surface area contributed by atoms with Gasteiger partial charge in [0, 0.05) is 49.1 Å². The normalized spacial score (nSPS) is 18.2. The standard InChI is InChI=1S/C19H24N6/c1-13(2)19-22-16(20)10-18(23-19)24-8-5-6-14(12-24)15-11-21-17-7-3-4-9-25(15)17/h3-4,7,9-11,13-14H,5-6,8,12H2,1-2H3,(H2,20,22,23)/t14-/m1/s1.